The van der Waals surface area contributed by atoms with Crippen LogP contribution in [-0.4, -0.2) is 170 Å². The van der Waals surface area contributed by atoms with E-state index < -0.39 is 30.6 Å². The van der Waals surface area contributed by atoms with Crippen molar-refractivity contribution in [1.82, 2.24) is 49.5 Å². The van der Waals surface area contributed by atoms with Gasteiger partial charge in [0, 0.05) is 79.2 Å². The SMILES string of the molecule is C=CC(=O)N1CCC(N(C)c2nc(OCC34CCCN3CCC4)nc3c(F)c(-c4cccc5ccc(F)c(C)c45)ncc23)C1.C=CC(=O)N1CCC(N(CC(F)F)c2nc(OCC34CCCN3CCC4)nc3c(F)c(-c4cccc5cccc(Cl)c45)ncc23)C1. The average Bonchev–Trinajstić information content (AvgIpc) is 1.12. The molecule has 2 atom stereocenters. The molecule has 14 rings (SSSR count). The van der Waals surface area contributed by atoms with Crippen LogP contribution in [0.2, 0.25) is 5.02 Å². The third-order valence-electron chi connectivity index (χ3n) is 19.7. The maximum absolute atomic E-state index is 16.8. The minimum atomic E-state index is -2.72. The Hall–Kier alpha value is -8.14. The summed E-state index contributed by atoms with van der Waals surface area (Å²) in [5, 5.41) is 3.93. The highest BCUT2D eigenvalue weighted by Gasteiger charge is 2.47. The van der Waals surface area contributed by atoms with Crippen LogP contribution in [0.3, 0.4) is 0 Å². The van der Waals surface area contributed by atoms with E-state index in [1.54, 1.807) is 53.3 Å². The number of ether oxygens (including phenoxy) is 2. The van der Waals surface area contributed by atoms with Gasteiger partial charge in [0.2, 0.25) is 11.8 Å². The van der Waals surface area contributed by atoms with Gasteiger partial charge >= 0.3 is 12.0 Å². The molecule has 4 aromatic heterocycles. The lowest BCUT2D eigenvalue weighted by atomic mass is 9.95. The summed E-state index contributed by atoms with van der Waals surface area (Å²) in [6, 6.07) is 18.9. The molecule has 2 amide bonds. The van der Waals surface area contributed by atoms with Crippen molar-refractivity contribution in [2.75, 3.05) is 89.0 Å². The third kappa shape index (κ3) is 11.2. The molecule has 0 aliphatic carbocycles. The lowest BCUT2D eigenvalue weighted by Crippen LogP contribution is -2.44. The number of amides is 2. The number of carbonyl (C=O) groups excluding carboxylic acids is 2. The van der Waals surface area contributed by atoms with Crippen molar-refractivity contribution in [1.29, 1.82) is 0 Å². The van der Waals surface area contributed by atoms with Crippen molar-refractivity contribution >= 4 is 78.4 Å². The largest absolute Gasteiger partial charge is 0.461 e. The summed E-state index contributed by atoms with van der Waals surface area (Å²) in [7, 11) is 1.90. The third-order valence-corrected chi connectivity index (χ3v) is 20.0. The second kappa shape index (κ2) is 24.9. The van der Waals surface area contributed by atoms with Crippen LogP contribution >= 0.6 is 11.6 Å². The van der Waals surface area contributed by atoms with Gasteiger partial charge in [-0.2, -0.15) is 19.9 Å². The molecule has 468 valence electrons. The highest BCUT2D eigenvalue weighted by molar-refractivity contribution is 6.36. The lowest BCUT2D eigenvalue weighted by molar-refractivity contribution is -0.125. The maximum Gasteiger partial charge on any atom is 0.319 e. The number of aryl methyl sites for hydroxylation is 1. The molecule has 6 fully saturated rings. The van der Waals surface area contributed by atoms with E-state index in [-0.39, 0.29) is 86.9 Å². The van der Waals surface area contributed by atoms with E-state index in [1.165, 1.54) is 29.3 Å². The first-order valence-electron chi connectivity index (χ1n) is 31.0. The Bertz CT molecular complexity index is 4120. The summed E-state index contributed by atoms with van der Waals surface area (Å²) in [5.41, 5.74) is 1.37. The van der Waals surface area contributed by atoms with Gasteiger partial charge in [-0.15, -0.1) is 0 Å². The van der Waals surface area contributed by atoms with Gasteiger partial charge in [-0.05, 0) is 143 Å². The fraction of sp³-hybridized carbons (Fsp3) is 0.412. The Kier molecular flexibility index (Phi) is 16.8. The van der Waals surface area contributed by atoms with Crippen molar-refractivity contribution in [2.45, 2.75) is 101 Å². The van der Waals surface area contributed by atoms with Crippen molar-refractivity contribution in [2.24, 2.45) is 0 Å². The number of alkyl halides is 2. The maximum atomic E-state index is 16.8. The number of rotatable bonds is 16. The number of pyridine rings is 2. The minimum Gasteiger partial charge on any atom is -0.461 e. The van der Waals surface area contributed by atoms with E-state index in [0.29, 0.717) is 83.0 Å². The number of hydrogen-bond donors (Lipinski definition) is 0. The molecule has 0 spiro atoms. The monoisotopic (exact) mass is 1250 g/mol. The number of benzene rings is 4. The smallest absolute Gasteiger partial charge is 0.319 e. The Labute approximate surface area is 523 Å². The zero-order valence-electron chi connectivity index (χ0n) is 50.4. The van der Waals surface area contributed by atoms with Gasteiger partial charge in [-0.25, -0.2) is 22.0 Å². The van der Waals surface area contributed by atoms with Crippen LogP contribution in [0.5, 0.6) is 12.0 Å². The van der Waals surface area contributed by atoms with Gasteiger partial charge in [0.25, 0.3) is 6.43 Å². The summed E-state index contributed by atoms with van der Waals surface area (Å²) in [6.07, 6.45) is 12.4. The Morgan fingerprint density at radius 3 is 1.67 bits per heavy atom. The van der Waals surface area contributed by atoms with Crippen molar-refractivity contribution < 1.29 is 41.0 Å². The van der Waals surface area contributed by atoms with Gasteiger partial charge < -0.3 is 29.1 Å². The first-order chi connectivity index (χ1) is 43.6. The molecular formula is C68H70ClF5N12O4. The fourth-order valence-corrected chi connectivity index (χ4v) is 15.3. The summed E-state index contributed by atoms with van der Waals surface area (Å²) in [4.78, 5) is 64.1. The number of likely N-dealkylation sites (N-methyl/N-ethyl adjacent to an activating group) is 1. The number of halogens is 6. The zero-order valence-corrected chi connectivity index (χ0v) is 51.2. The van der Waals surface area contributed by atoms with Gasteiger partial charge in [-0.1, -0.05) is 79.4 Å². The first-order valence-corrected chi connectivity index (χ1v) is 31.4. The van der Waals surface area contributed by atoms with E-state index in [4.69, 9.17) is 26.1 Å². The van der Waals surface area contributed by atoms with Crippen LogP contribution in [0, 0.1) is 24.4 Å². The zero-order chi connectivity index (χ0) is 62.6. The normalized spacial score (nSPS) is 19.4. The molecule has 6 saturated heterocycles. The lowest BCUT2D eigenvalue weighted by Gasteiger charge is -2.32. The van der Waals surface area contributed by atoms with E-state index in [2.05, 4.69) is 47.9 Å². The van der Waals surface area contributed by atoms with Crippen LogP contribution in [-0.2, 0) is 9.59 Å². The molecule has 0 saturated carbocycles. The molecular weight excluding hydrogens is 1180 g/mol. The molecule has 6 aliphatic rings. The highest BCUT2D eigenvalue weighted by Crippen LogP contribution is 2.44. The standard InChI is InChI=1S/C34H34ClF3N6O2.C34H36F2N6O2/c1-2-27(45)42-16-11-22(18-42)44(19-26(36)37)32-24-17-39-30(23-9-3-7-21-8-4-10-25(35)28(21)23)29(38)31(24)40-33(41-32)46-20-34-12-5-14-43(34)15-6-13-34;1-4-27(43)41-17-12-23(19-41)40(3)32-25-18-37-30(24-9-5-8-22-10-11-26(35)21(2)28(22)24)29(36)31(25)38-33(39-32)44-20-34-13-6-15-42(34)16-7-14-34/h2-4,7-10,17,22,26H,1,5-6,11-16,18-20H2;4-5,8-11,18,23H,1,6-7,12-17,19-20H2,2-3H3. The van der Waals surface area contributed by atoms with E-state index in [9.17, 15) is 22.8 Å². The Morgan fingerprint density at radius 1 is 0.656 bits per heavy atom. The Balaban J connectivity index is 0.000000165. The van der Waals surface area contributed by atoms with Crippen molar-refractivity contribution in [3.05, 3.63) is 132 Å². The quantitative estimate of drug-likeness (QED) is 0.0667. The van der Waals surface area contributed by atoms with Gasteiger partial charge in [0.1, 0.15) is 53.1 Å². The summed E-state index contributed by atoms with van der Waals surface area (Å²) in [5.74, 6) is -1.51. The summed E-state index contributed by atoms with van der Waals surface area (Å²) in [6.45, 7) is 14.7. The van der Waals surface area contributed by atoms with Crippen LogP contribution in [0.4, 0.5) is 33.6 Å². The predicted octanol–water partition coefficient (Wildman–Crippen LogP) is 12.2. The summed E-state index contributed by atoms with van der Waals surface area (Å²) >= 11 is 6.58. The molecule has 90 heavy (non-hydrogen) atoms. The number of hydrogen-bond acceptors (Lipinski definition) is 14. The molecule has 0 N–H and O–H groups in total. The topological polar surface area (TPSA) is 149 Å². The van der Waals surface area contributed by atoms with Crippen LogP contribution in [0.1, 0.15) is 69.8 Å². The molecule has 22 heteroatoms. The van der Waals surface area contributed by atoms with E-state index in [0.717, 1.165) is 94.7 Å². The van der Waals surface area contributed by atoms with Crippen LogP contribution in [0.25, 0.3) is 65.9 Å². The number of nitrogens with zero attached hydrogens (tertiary/aromatic N) is 12. The molecule has 0 radical (unpaired) electrons. The number of fused-ring (bicyclic) bond motifs is 6. The van der Waals surface area contributed by atoms with Crippen LogP contribution < -0.4 is 19.3 Å². The molecule has 0 bridgehead atoms. The van der Waals surface area contributed by atoms with Crippen LogP contribution in [0.15, 0.2) is 104 Å². The number of aromatic nitrogens is 6. The fourth-order valence-electron chi connectivity index (χ4n) is 15.0. The van der Waals surface area contributed by atoms with E-state index in [1.807, 2.05) is 42.3 Å². The molecule has 16 nitrogen and oxygen atoms in total. The molecule has 10 heterocycles. The number of carbonyl (C=O) groups is 2. The molecule has 6 aliphatic heterocycles. The first kappa shape index (κ1) is 60.8. The number of anilines is 2. The van der Waals surface area contributed by atoms with E-state index >= 15 is 8.78 Å². The minimum absolute atomic E-state index is 0.0298. The molecule has 4 aromatic carbocycles. The molecule has 2 unspecified atom stereocenters. The van der Waals surface area contributed by atoms with Crippen molar-refractivity contribution in [3.63, 3.8) is 0 Å². The predicted molar refractivity (Wildman–Crippen MR) is 339 cm³/mol. The highest BCUT2D eigenvalue weighted by atomic mass is 35.5. The van der Waals surface area contributed by atoms with Gasteiger partial charge in [-0.3, -0.25) is 29.4 Å². The second-order valence-electron chi connectivity index (χ2n) is 24.7. The van der Waals surface area contributed by atoms with Gasteiger partial charge in [0.05, 0.1) is 28.4 Å². The second-order valence-corrected chi connectivity index (χ2v) is 25.1. The summed E-state index contributed by atoms with van der Waals surface area (Å²) < 4.78 is 89.1. The Morgan fingerprint density at radius 2 is 1.13 bits per heavy atom. The van der Waals surface area contributed by atoms with Gasteiger partial charge in [0.15, 0.2) is 11.6 Å². The van der Waals surface area contributed by atoms with Crippen molar-refractivity contribution in [3.8, 4) is 34.5 Å². The molecule has 8 aromatic rings. The number of likely N-dealkylation sites (tertiary alicyclic amines) is 2. The average molecular weight is 1250 g/mol.